The van der Waals surface area contributed by atoms with Gasteiger partial charge in [0.1, 0.15) is 0 Å². The van der Waals surface area contributed by atoms with Crippen LogP contribution in [0.25, 0.3) is 0 Å². The fraction of sp³-hybridized carbons (Fsp3) is 0.464. The number of ketones is 1. The molecule has 0 bridgehead atoms. The van der Waals surface area contributed by atoms with Gasteiger partial charge in [-0.15, -0.1) is 0 Å². The molecule has 180 valence electrons. The lowest BCUT2D eigenvalue weighted by atomic mass is 9.63. The van der Waals surface area contributed by atoms with Crippen LogP contribution in [0.4, 0.5) is 0 Å². The first-order chi connectivity index (χ1) is 16.3. The molecule has 1 amide bonds. The van der Waals surface area contributed by atoms with E-state index >= 15 is 0 Å². The number of Topliss-reactive ketones (excluding diaryl/α,β-unsaturated/α-hetero) is 1. The van der Waals surface area contributed by atoms with E-state index in [1.807, 2.05) is 48.6 Å². The van der Waals surface area contributed by atoms with Gasteiger partial charge in [-0.1, -0.05) is 67.1 Å². The molecule has 0 unspecified atom stereocenters. The second-order valence-electron chi connectivity index (χ2n) is 9.79. The Morgan fingerprint density at radius 3 is 2.59 bits per heavy atom. The Hall–Kier alpha value is -2.99. The molecule has 6 heteroatoms. The number of nitrogens with one attached hydrogen (secondary N) is 1. The number of amides is 1. The van der Waals surface area contributed by atoms with Gasteiger partial charge in [0.25, 0.3) is 5.91 Å². The molecule has 1 fully saturated rings. The molecule has 1 saturated heterocycles. The van der Waals surface area contributed by atoms with Crippen LogP contribution < -0.4 is 5.32 Å². The van der Waals surface area contributed by atoms with Gasteiger partial charge in [-0.3, -0.25) is 14.4 Å². The molecule has 1 aromatic rings. The van der Waals surface area contributed by atoms with Crippen LogP contribution in [0.1, 0.15) is 39.2 Å². The van der Waals surface area contributed by atoms with Gasteiger partial charge in [-0.2, -0.15) is 0 Å². The molecule has 34 heavy (non-hydrogen) atoms. The molecule has 0 saturated carbocycles. The summed E-state index contributed by atoms with van der Waals surface area (Å²) in [7, 11) is 0. The average molecular weight is 464 g/mol. The van der Waals surface area contributed by atoms with Gasteiger partial charge in [0.2, 0.25) is 5.60 Å². The number of allylic oxidation sites excluding steroid dienone is 3. The van der Waals surface area contributed by atoms with Crippen molar-refractivity contribution in [1.82, 2.24) is 5.32 Å². The van der Waals surface area contributed by atoms with Crippen molar-refractivity contribution in [3.05, 3.63) is 71.3 Å². The minimum Gasteiger partial charge on any atom is -0.447 e. The molecule has 6 nitrogen and oxygen atoms in total. The summed E-state index contributed by atoms with van der Waals surface area (Å²) in [5.41, 5.74) is 1.31. The molecular formula is C28H33NO5. The van der Waals surface area contributed by atoms with E-state index in [4.69, 9.17) is 4.74 Å². The quantitative estimate of drug-likeness (QED) is 0.530. The number of aliphatic hydroxyl groups is 1. The van der Waals surface area contributed by atoms with Crippen molar-refractivity contribution in [3.63, 3.8) is 0 Å². The third-order valence-electron chi connectivity index (χ3n) is 7.69. The van der Waals surface area contributed by atoms with Crippen molar-refractivity contribution in [1.29, 1.82) is 0 Å². The number of rotatable bonds is 3. The molecule has 1 spiro atoms. The molecule has 4 rings (SSSR count). The highest BCUT2D eigenvalue weighted by atomic mass is 16.6. The lowest BCUT2D eigenvalue weighted by Crippen LogP contribution is -2.56. The zero-order valence-corrected chi connectivity index (χ0v) is 20.0. The van der Waals surface area contributed by atoms with Crippen molar-refractivity contribution in [2.75, 3.05) is 6.61 Å². The summed E-state index contributed by atoms with van der Waals surface area (Å²) in [4.78, 5) is 39.3. The van der Waals surface area contributed by atoms with Crippen molar-refractivity contribution < 1.29 is 24.2 Å². The first-order valence-electron chi connectivity index (χ1n) is 12.0. The monoisotopic (exact) mass is 463 g/mol. The highest BCUT2D eigenvalue weighted by molar-refractivity contribution is 5.97. The lowest BCUT2D eigenvalue weighted by Gasteiger charge is -2.44. The first-order valence-corrected chi connectivity index (χ1v) is 12.0. The van der Waals surface area contributed by atoms with E-state index < -0.39 is 23.4 Å². The van der Waals surface area contributed by atoms with Crippen LogP contribution in [-0.4, -0.2) is 41.0 Å². The third-order valence-corrected chi connectivity index (χ3v) is 7.69. The molecule has 2 aliphatic heterocycles. The Kier molecular flexibility index (Phi) is 6.89. The van der Waals surface area contributed by atoms with Gasteiger partial charge in [0.05, 0.1) is 13.0 Å². The maximum absolute atomic E-state index is 13.7. The fourth-order valence-corrected chi connectivity index (χ4v) is 5.73. The Morgan fingerprint density at radius 1 is 1.15 bits per heavy atom. The number of hydrogen-bond donors (Lipinski definition) is 2. The SMILES string of the molecule is CC1=CCC(=O)O[C@@]23C(=O)N[C@@H](Cc4ccccc4)[C@@H]2[C@H](C)C(C)=C[C@@H]3C=CC[C@H](CO)C1=O. The van der Waals surface area contributed by atoms with Gasteiger partial charge in [0, 0.05) is 23.8 Å². The third kappa shape index (κ3) is 4.27. The van der Waals surface area contributed by atoms with E-state index in [0.717, 1.165) is 11.1 Å². The molecule has 1 aromatic carbocycles. The summed E-state index contributed by atoms with van der Waals surface area (Å²) in [5, 5.41) is 12.9. The molecule has 2 heterocycles. The Balaban J connectivity index is 1.78. The highest BCUT2D eigenvalue weighted by Crippen LogP contribution is 2.50. The Labute approximate surface area is 200 Å². The summed E-state index contributed by atoms with van der Waals surface area (Å²) in [6, 6.07) is 9.81. The largest absolute Gasteiger partial charge is 0.447 e. The minimum absolute atomic E-state index is 0.0297. The number of carbonyl (C=O) groups excluding carboxylic acids is 3. The van der Waals surface area contributed by atoms with Crippen molar-refractivity contribution in [2.24, 2.45) is 23.7 Å². The van der Waals surface area contributed by atoms with Crippen LogP contribution in [0.2, 0.25) is 0 Å². The topological polar surface area (TPSA) is 92.7 Å². The van der Waals surface area contributed by atoms with Gasteiger partial charge in [-0.05, 0) is 43.7 Å². The summed E-state index contributed by atoms with van der Waals surface area (Å²) in [6.07, 6.45) is 8.15. The molecule has 0 radical (unpaired) electrons. The summed E-state index contributed by atoms with van der Waals surface area (Å²) >= 11 is 0. The number of benzene rings is 1. The van der Waals surface area contributed by atoms with Crippen molar-refractivity contribution in [3.8, 4) is 0 Å². The molecule has 2 N–H and O–H groups in total. The predicted octanol–water partition coefficient (Wildman–Crippen LogP) is 3.31. The van der Waals surface area contributed by atoms with E-state index in [1.54, 1.807) is 13.0 Å². The second-order valence-corrected chi connectivity index (χ2v) is 9.79. The summed E-state index contributed by atoms with van der Waals surface area (Å²) in [5.74, 6) is -2.24. The van der Waals surface area contributed by atoms with E-state index in [9.17, 15) is 19.5 Å². The zero-order chi connectivity index (χ0) is 24.5. The molecular weight excluding hydrogens is 430 g/mol. The van der Waals surface area contributed by atoms with E-state index in [2.05, 4.69) is 19.2 Å². The summed E-state index contributed by atoms with van der Waals surface area (Å²) in [6.45, 7) is 5.51. The van der Waals surface area contributed by atoms with Crippen molar-refractivity contribution in [2.45, 2.75) is 51.7 Å². The number of aliphatic hydroxyl groups excluding tert-OH is 1. The van der Waals surface area contributed by atoms with Crippen LogP contribution in [0.15, 0.2) is 65.8 Å². The normalized spacial score (nSPS) is 34.0. The van der Waals surface area contributed by atoms with Crippen molar-refractivity contribution >= 4 is 17.7 Å². The summed E-state index contributed by atoms with van der Waals surface area (Å²) < 4.78 is 6.12. The number of esters is 1. The molecule has 0 aromatic heterocycles. The molecule has 6 atom stereocenters. The first kappa shape index (κ1) is 24.1. The maximum atomic E-state index is 13.7. The van der Waals surface area contributed by atoms with Crippen LogP contribution >= 0.6 is 0 Å². The molecule has 3 aliphatic rings. The second kappa shape index (κ2) is 9.71. The Morgan fingerprint density at radius 2 is 1.88 bits per heavy atom. The predicted molar refractivity (Wildman–Crippen MR) is 129 cm³/mol. The lowest BCUT2D eigenvalue weighted by molar-refractivity contribution is -0.176. The van der Waals surface area contributed by atoms with Gasteiger partial charge in [0.15, 0.2) is 5.78 Å². The maximum Gasteiger partial charge on any atom is 0.310 e. The van der Waals surface area contributed by atoms with E-state index in [0.29, 0.717) is 18.4 Å². The van der Waals surface area contributed by atoms with Crippen LogP contribution in [0.3, 0.4) is 0 Å². The van der Waals surface area contributed by atoms with Gasteiger partial charge < -0.3 is 15.2 Å². The highest BCUT2D eigenvalue weighted by Gasteiger charge is 2.64. The van der Waals surface area contributed by atoms with Crippen LogP contribution in [0, 0.1) is 23.7 Å². The molecule has 1 aliphatic carbocycles. The minimum atomic E-state index is -1.36. The van der Waals surface area contributed by atoms with E-state index in [1.165, 1.54) is 0 Å². The standard InChI is InChI=1S/C28H33NO5/c1-17-12-13-24(31)34-28-22(11-7-10-21(16-30)26(17)32)14-18(2)19(3)25(28)23(29-27(28)33)15-20-8-5-4-6-9-20/h4-9,11-12,14,19,21-23,25,30H,10,13,15-16H2,1-3H3,(H,29,33)/t19-,21-,22+,23+,25+,28-/m1/s1. The van der Waals surface area contributed by atoms with Gasteiger partial charge in [-0.25, -0.2) is 0 Å². The number of ether oxygens (including phenoxy) is 1. The Bertz CT molecular complexity index is 1060. The fourth-order valence-electron chi connectivity index (χ4n) is 5.73. The van der Waals surface area contributed by atoms with Crippen LogP contribution in [0.5, 0.6) is 0 Å². The average Bonchev–Trinajstić information content (AvgIpc) is 3.09. The van der Waals surface area contributed by atoms with Gasteiger partial charge >= 0.3 is 5.97 Å². The zero-order valence-electron chi connectivity index (χ0n) is 20.0. The van der Waals surface area contributed by atoms with Crippen LogP contribution in [-0.2, 0) is 25.5 Å². The van der Waals surface area contributed by atoms with E-state index in [-0.39, 0.29) is 42.6 Å². The number of carbonyl (C=O) groups is 3. The smallest absolute Gasteiger partial charge is 0.310 e. The number of hydrogen-bond acceptors (Lipinski definition) is 5.